The number of nitrogens with one attached hydrogen (secondary N) is 2. The summed E-state index contributed by atoms with van der Waals surface area (Å²) in [7, 11) is -5.94. The van der Waals surface area contributed by atoms with E-state index in [4.69, 9.17) is 0 Å². The topological polar surface area (TPSA) is 92.3 Å². The molecule has 0 amide bonds. The van der Waals surface area contributed by atoms with Gasteiger partial charge in [-0.3, -0.25) is 4.72 Å². The summed E-state index contributed by atoms with van der Waals surface area (Å²) in [6.45, 7) is 1.73. The van der Waals surface area contributed by atoms with Crippen LogP contribution in [0.15, 0.2) is 29.2 Å². The summed E-state index contributed by atoms with van der Waals surface area (Å²) < 4.78 is 51.2. The molecule has 8 heteroatoms. The molecule has 102 valence electrons. The third-order valence-corrected chi connectivity index (χ3v) is 5.13. The first-order valence-corrected chi connectivity index (χ1v) is 8.49. The third kappa shape index (κ3) is 3.69. The second-order valence-electron chi connectivity index (χ2n) is 3.62. The van der Waals surface area contributed by atoms with Crippen LogP contribution in [0.25, 0.3) is 0 Å². The van der Waals surface area contributed by atoms with Crippen molar-refractivity contribution in [3.8, 4) is 0 Å². The van der Waals surface area contributed by atoms with Gasteiger partial charge in [-0.15, -0.1) is 0 Å². The minimum Gasteiger partial charge on any atom is -0.282 e. The Morgan fingerprint density at radius 1 is 1.11 bits per heavy atom. The molecule has 0 spiro atoms. The average molecular weight is 292 g/mol. The first-order valence-electron chi connectivity index (χ1n) is 5.35. The first kappa shape index (κ1) is 14.9. The fraction of sp³-hybridized carbons (Fsp3) is 0.400. The van der Waals surface area contributed by atoms with E-state index in [9.17, 15) is 16.8 Å². The van der Waals surface area contributed by atoms with Crippen LogP contribution < -0.4 is 9.44 Å². The number of benzene rings is 1. The van der Waals surface area contributed by atoms with Gasteiger partial charge in [-0.25, -0.2) is 21.6 Å². The van der Waals surface area contributed by atoms with Gasteiger partial charge in [-0.05, 0) is 25.6 Å². The molecule has 0 heterocycles. The van der Waals surface area contributed by atoms with Gasteiger partial charge in [0.1, 0.15) is 4.90 Å². The maximum absolute atomic E-state index is 11.7. The van der Waals surface area contributed by atoms with Crippen molar-refractivity contribution in [2.24, 2.45) is 0 Å². The van der Waals surface area contributed by atoms with Crippen LogP contribution in [-0.2, 0) is 20.0 Å². The molecule has 0 unspecified atom stereocenters. The van der Waals surface area contributed by atoms with Crippen LogP contribution in [0.4, 0.5) is 5.69 Å². The Bertz CT molecular complexity index is 609. The molecule has 0 aliphatic heterocycles. The number of sulfonamides is 2. The smallest absolute Gasteiger partial charge is 0.242 e. The molecule has 18 heavy (non-hydrogen) atoms. The third-order valence-electron chi connectivity index (χ3n) is 2.18. The fourth-order valence-corrected chi connectivity index (χ4v) is 3.49. The van der Waals surface area contributed by atoms with Crippen LogP contribution in [0, 0.1) is 0 Å². The SMILES string of the molecule is CCCS(=O)(=O)Nc1ccccc1S(=O)(=O)NC. The lowest BCUT2D eigenvalue weighted by Crippen LogP contribution is -2.22. The maximum atomic E-state index is 11.7. The van der Waals surface area contributed by atoms with Gasteiger partial charge in [0.05, 0.1) is 11.4 Å². The van der Waals surface area contributed by atoms with Crippen molar-refractivity contribution in [2.45, 2.75) is 18.2 Å². The number of hydrogen-bond acceptors (Lipinski definition) is 4. The Morgan fingerprint density at radius 2 is 1.72 bits per heavy atom. The molecule has 0 bridgehead atoms. The molecule has 1 aromatic carbocycles. The molecule has 6 nitrogen and oxygen atoms in total. The molecule has 0 aliphatic rings. The van der Waals surface area contributed by atoms with E-state index in [1.165, 1.54) is 25.2 Å². The van der Waals surface area contributed by atoms with Crippen molar-refractivity contribution < 1.29 is 16.8 Å². The van der Waals surface area contributed by atoms with E-state index in [1.807, 2.05) is 0 Å². The van der Waals surface area contributed by atoms with Crippen LogP contribution in [-0.4, -0.2) is 29.6 Å². The lowest BCUT2D eigenvalue weighted by Gasteiger charge is -2.11. The summed E-state index contributed by atoms with van der Waals surface area (Å²) in [6.07, 6.45) is 0.455. The molecule has 2 N–H and O–H groups in total. The summed E-state index contributed by atoms with van der Waals surface area (Å²) in [5.41, 5.74) is 0.0558. The van der Waals surface area contributed by atoms with Gasteiger partial charge in [0, 0.05) is 0 Å². The second kappa shape index (κ2) is 5.68. The standard InChI is InChI=1S/C10H16N2O4S2/c1-3-8-17(13,14)12-9-6-4-5-7-10(9)18(15,16)11-2/h4-7,11-12H,3,8H2,1-2H3. The number of hydrogen-bond donors (Lipinski definition) is 2. The van der Waals surface area contributed by atoms with Crippen molar-refractivity contribution in [3.05, 3.63) is 24.3 Å². The molecule has 1 rings (SSSR count). The minimum atomic E-state index is -3.69. The highest BCUT2D eigenvalue weighted by molar-refractivity contribution is 7.93. The Kier molecular flexibility index (Phi) is 4.71. The predicted octanol–water partition coefficient (Wildman–Crippen LogP) is 0.746. The number of rotatable bonds is 6. The molecular weight excluding hydrogens is 276 g/mol. The predicted molar refractivity (Wildman–Crippen MR) is 70.4 cm³/mol. The van der Waals surface area contributed by atoms with Crippen LogP contribution in [0.5, 0.6) is 0 Å². The van der Waals surface area contributed by atoms with Gasteiger partial charge in [0.15, 0.2) is 0 Å². The Hall–Kier alpha value is -1.12. The summed E-state index contributed by atoms with van der Waals surface area (Å²) in [6, 6.07) is 5.85. The van der Waals surface area contributed by atoms with Crippen molar-refractivity contribution in [3.63, 3.8) is 0 Å². The maximum Gasteiger partial charge on any atom is 0.242 e. The largest absolute Gasteiger partial charge is 0.282 e. The van der Waals surface area contributed by atoms with Crippen LogP contribution in [0.3, 0.4) is 0 Å². The van der Waals surface area contributed by atoms with Gasteiger partial charge in [0.2, 0.25) is 20.0 Å². The van der Waals surface area contributed by atoms with Crippen molar-refractivity contribution in [1.82, 2.24) is 4.72 Å². The monoisotopic (exact) mass is 292 g/mol. The van der Waals surface area contributed by atoms with Crippen LogP contribution in [0.1, 0.15) is 13.3 Å². The lowest BCUT2D eigenvalue weighted by atomic mass is 10.3. The summed E-state index contributed by atoms with van der Waals surface area (Å²) in [4.78, 5) is -0.0906. The van der Waals surface area contributed by atoms with E-state index < -0.39 is 20.0 Å². The summed E-state index contributed by atoms with van der Waals surface area (Å²) >= 11 is 0. The van der Waals surface area contributed by atoms with Crippen molar-refractivity contribution in [2.75, 3.05) is 17.5 Å². The van der Waals surface area contributed by atoms with E-state index in [0.717, 1.165) is 0 Å². The Labute approximate surface area is 108 Å². The molecule has 0 aliphatic carbocycles. The van der Waals surface area contributed by atoms with E-state index in [-0.39, 0.29) is 16.3 Å². The minimum absolute atomic E-state index is 0.0546. The molecule has 0 fully saturated rings. The van der Waals surface area contributed by atoms with Gasteiger partial charge >= 0.3 is 0 Å². The number of para-hydroxylation sites is 1. The van der Waals surface area contributed by atoms with Gasteiger partial charge in [0.25, 0.3) is 0 Å². The highest BCUT2D eigenvalue weighted by atomic mass is 32.2. The van der Waals surface area contributed by atoms with Gasteiger partial charge < -0.3 is 0 Å². The fourth-order valence-electron chi connectivity index (χ4n) is 1.38. The van der Waals surface area contributed by atoms with Crippen molar-refractivity contribution >= 4 is 25.7 Å². The zero-order valence-electron chi connectivity index (χ0n) is 10.2. The molecular formula is C10H16N2O4S2. The summed E-state index contributed by atoms with van der Waals surface area (Å²) in [5.74, 6) is -0.0546. The Morgan fingerprint density at radius 3 is 2.28 bits per heavy atom. The zero-order chi connectivity index (χ0) is 13.8. The van der Waals surface area contributed by atoms with E-state index in [0.29, 0.717) is 6.42 Å². The normalized spacial score (nSPS) is 12.3. The van der Waals surface area contributed by atoms with E-state index in [1.54, 1.807) is 13.0 Å². The van der Waals surface area contributed by atoms with E-state index >= 15 is 0 Å². The molecule has 0 saturated carbocycles. The Balaban J connectivity index is 3.20. The second-order valence-corrected chi connectivity index (χ2v) is 7.32. The molecule has 0 atom stereocenters. The lowest BCUT2D eigenvalue weighted by molar-refractivity contribution is 0.588. The van der Waals surface area contributed by atoms with Crippen molar-refractivity contribution in [1.29, 1.82) is 0 Å². The number of anilines is 1. The molecule has 0 aromatic heterocycles. The molecule has 0 radical (unpaired) electrons. The zero-order valence-corrected chi connectivity index (χ0v) is 11.8. The molecule has 1 aromatic rings. The summed E-state index contributed by atoms with van der Waals surface area (Å²) in [5, 5.41) is 0. The van der Waals surface area contributed by atoms with Crippen LogP contribution >= 0.6 is 0 Å². The van der Waals surface area contributed by atoms with Gasteiger partial charge in [-0.2, -0.15) is 0 Å². The highest BCUT2D eigenvalue weighted by Crippen LogP contribution is 2.21. The first-order chi connectivity index (χ1) is 8.32. The quantitative estimate of drug-likeness (QED) is 0.809. The molecule has 0 saturated heterocycles. The van der Waals surface area contributed by atoms with Crippen LogP contribution in [0.2, 0.25) is 0 Å². The highest BCUT2D eigenvalue weighted by Gasteiger charge is 2.19. The van der Waals surface area contributed by atoms with E-state index in [2.05, 4.69) is 9.44 Å². The van der Waals surface area contributed by atoms with Gasteiger partial charge in [-0.1, -0.05) is 19.1 Å². The average Bonchev–Trinajstić information content (AvgIpc) is 2.28.